The third kappa shape index (κ3) is 4.24. The molecule has 6 nitrogen and oxygen atoms in total. The second-order valence-electron chi connectivity index (χ2n) is 7.90. The Bertz CT molecular complexity index is 1040. The minimum Gasteiger partial charge on any atom is -0.461 e. The molecule has 158 valence electrons. The van der Waals surface area contributed by atoms with Crippen LogP contribution in [0.5, 0.6) is 0 Å². The zero-order valence-electron chi connectivity index (χ0n) is 17.5. The van der Waals surface area contributed by atoms with Crippen LogP contribution in [0.4, 0.5) is 0 Å². The largest absolute Gasteiger partial charge is 0.461 e. The summed E-state index contributed by atoms with van der Waals surface area (Å²) in [6, 6.07) is 7.88. The summed E-state index contributed by atoms with van der Waals surface area (Å²) in [7, 11) is 0. The number of hydrogen-bond donors (Lipinski definition) is 1. The SMILES string of the molecule is CCOC(=O)c1nc2ccccc2n([C@@H]2CC=C2CCNC2C=CCCCC2)c1=O. The smallest absolute Gasteiger partial charge is 0.362 e. The molecule has 0 amide bonds. The first-order chi connectivity index (χ1) is 14.7. The zero-order valence-corrected chi connectivity index (χ0v) is 17.5. The first-order valence-corrected chi connectivity index (χ1v) is 11.0. The Labute approximate surface area is 176 Å². The van der Waals surface area contributed by atoms with E-state index in [9.17, 15) is 9.59 Å². The van der Waals surface area contributed by atoms with Crippen LogP contribution in [0.15, 0.2) is 52.9 Å². The average Bonchev–Trinajstić information content (AvgIpc) is 3.01. The van der Waals surface area contributed by atoms with Gasteiger partial charge in [0.15, 0.2) is 0 Å². The average molecular weight is 408 g/mol. The molecule has 0 radical (unpaired) electrons. The molecule has 2 aromatic rings. The van der Waals surface area contributed by atoms with Crippen molar-refractivity contribution < 1.29 is 9.53 Å². The molecule has 4 rings (SSSR count). The number of hydrogen-bond acceptors (Lipinski definition) is 5. The normalized spacial score (nSPS) is 21.0. The van der Waals surface area contributed by atoms with Crippen LogP contribution in [0.2, 0.25) is 0 Å². The highest BCUT2D eigenvalue weighted by Crippen LogP contribution is 2.35. The molecule has 1 unspecified atom stereocenters. The molecule has 1 heterocycles. The van der Waals surface area contributed by atoms with Crippen molar-refractivity contribution in [3.05, 3.63) is 64.1 Å². The Morgan fingerprint density at radius 1 is 1.30 bits per heavy atom. The standard InChI is InChI=1S/C24H29N3O3/c1-2-30-24(29)22-23(28)27(21-12-8-7-11-19(21)26-22)20-14-13-17(20)15-16-25-18-9-5-3-4-6-10-18/h5,7-9,11-13,18,20,25H,2-4,6,10,14-16H2,1H3/t18?,20-/m1/s1. The maximum Gasteiger partial charge on any atom is 0.362 e. The van der Waals surface area contributed by atoms with E-state index >= 15 is 0 Å². The van der Waals surface area contributed by atoms with E-state index in [1.807, 2.05) is 24.3 Å². The monoisotopic (exact) mass is 407 g/mol. The number of esters is 1. The minimum absolute atomic E-state index is 0.0370. The molecule has 6 heteroatoms. The Balaban J connectivity index is 1.55. The van der Waals surface area contributed by atoms with Gasteiger partial charge in [-0.2, -0.15) is 0 Å². The van der Waals surface area contributed by atoms with E-state index in [0.29, 0.717) is 11.6 Å². The van der Waals surface area contributed by atoms with Gasteiger partial charge in [-0.05, 0) is 63.3 Å². The van der Waals surface area contributed by atoms with Gasteiger partial charge in [0.25, 0.3) is 5.56 Å². The van der Waals surface area contributed by atoms with Gasteiger partial charge in [0.2, 0.25) is 5.69 Å². The van der Waals surface area contributed by atoms with Gasteiger partial charge in [-0.25, -0.2) is 9.78 Å². The Hall–Kier alpha value is -2.73. The van der Waals surface area contributed by atoms with E-state index in [0.717, 1.165) is 24.9 Å². The predicted octanol–water partition coefficient (Wildman–Crippen LogP) is 3.92. The number of benzene rings is 1. The van der Waals surface area contributed by atoms with Crippen molar-refractivity contribution in [3.63, 3.8) is 0 Å². The number of para-hydroxylation sites is 2. The maximum atomic E-state index is 13.2. The van der Waals surface area contributed by atoms with Gasteiger partial charge in [0.05, 0.1) is 23.7 Å². The van der Waals surface area contributed by atoms with Crippen molar-refractivity contribution in [2.45, 2.75) is 57.5 Å². The fourth-order valence-corrected chi connectivity index (χ4v) is 4.28. The highest BCUT2D eigenvalue weighted by atomic mass is 16.5. The molecule has 0 saturated heterocycles. The van der Waals surface area contributed by atoms with Crippen molar-refractivity contribution in [3.8, 4) is 0 Å². The number of allylic oxidation sites excluding steroid dienone is 2. The van der Waals surface area contributed by atoms with Crippen LogP contribution in [0.25, 0.3) is 11.0 Å². The van der Waals surface area contributed by atoms with E-state index in [2.05, 4.69) is 28.5 Å². The summed E-state index contributed by atoms with van der Waals surface area (Å²) in [6.07, 6.45) is 13.3. The predicted molar refractivity (Wildman–Crippen MR) is 118 cm³/mol. The summed E-state index contributed by atoms with van der Waals surface area (Å²) in [5, 5.41) is 3.63. The molecule has 0 aliphatic heterocycles. The molecule has 30 heavy (non-hydrogen) atoms. The van der Waals surface area contributed by atoms with Crippen molar-refractivity contribution in [2.75, 3.05) is 13.2 Å². The topological polar surface area (TPSA) is 73.2 Å². The number of nitrogens with one attached hydrogen (secondary N) is 1. The van der Waals surface area contributed by atoms with Crippen LogP contribution < -0.4 is 10.9 Å². The number of fused-ring (bicyclic) bond motifs is 1. The maximum absolute atomic E-state index is 13.2. The molecule has 0 fully saturated rings. The lowest BCUT2D eigenvalue weighted by Crippen LogP contribution is -2.36. The first kappa shape index (κ1) is 20.5. The van der Waals surface area contributed by atoms with Crippen molar-refractivity contribution in [1.29, 1.82) is 0 Å². The van der Waals surface area contributed by atoms with Gasteiger partial charge in [-0.15, -0.1) is 0 Å². The lowest BCUT2D eigenvalue weighted by atomic mass is 9.88. The molecule has 0 saturated carbocycles. The van der Waals surface area contributed by atoms with Crippen LogP contribution in [0.3, 0.4) is 0 Å². The van der Waals surface area contributed by atoms with Crippen LogP contribution >= 0.6 is 0 Å². The van der Waals surface area contributed by atoms with E-state index in [-0.39, 0.29) is 23.9 Å². The third-order valence-corrected chi connectivity index (χ3v) is 5.93. The molecule has 1 N–H and O–H groups in total. The Morgan fingerprint density at radius 3 is 2.97 bits per heavy atom. The van der Waals surface area contributed by atoms with Crippen LogP contribution in [-0.4, -0.2) is 34.7 Å². The summed E-state index contributed by atoms with van der Waals surface area (Å²) in [6.45, 7) is 2.81. The first-order valence-electron chi connectivity index (χ1n) is 11.0. The van der Waals surface area contributed by atoms with Gasteiger partial charge in [-0.1, -0.05) is 36.8 Å². The molecule has 1 aromatic heterocycles. The molecule has 2 aliphatic rings. The fourth-order valence-electron chi connectivity index (χ4n) is 4.28. The van der Waals surface area contributed by atoms with Crippen molar-refractivity contribution >= 4 is 17.0 Å². The van der Waals surface area contributed by atoms with Gasteiger partial charge >= 0.3 is 5.97 Å². The van der Waals surface area contributed by atoms with Crippen molar-refractivity contribution in [2.24, 2.45) is 0 Å². The van der Waals surface area contributed by atoms with E-state index in [1.54, 1.807) is 11.5 Å². The lowest BCUT2D eigenvalue weighted by molar-refractivity contribution is 0.0516. The molecule has 2 aliphatic carbocycles. The molecule has 2 atom stereocenters. The lowest BCUT2D eigenvalue weighted by Gasteiger charge is -2.31. The summed E-state index contributed by atoms with van der Waals surface area (Å²) < 4.78 is 6.80. The molecular formula is C24H29N3O3. The quantitative estimate of drug-likeness (QED) is 0.556. The second-order valence-corrected chi connectivity index (χ2v) is 7.90. The molecule has 0 spiro atoms. The van der Waals surface area contributed by atoms with Crippen LogP contribution in [-0.2, 0) is 4.74 Å². The molecule has 0 bridgehead atoms. The fraction of sp³-hybridized carbons (Fsp3) is 0.458. The number of rotatable bonds is 7. The Kier molecular flexibility index (Phi) is 6.43. The van der Waals surface area contributed by atoms with Crippen LogP contribution in [0.1, 0.15) is 62.0 Å². The minimum atomic E-state index is -0.659. The number of ether oxygens (including phenoxy) is 1. The second kappa shape index (κ2) is 9.39. The number of aromatic nitrogens is 2. The number of nitrogens with zero attached hydrogens (tertiary/aromatic N) is 2. The van der Waals surface area contributed by atoms with Gasteiger partial charge in [0, 0.05) is 6.04 Å². The molecule has 1 aromatic carbocycles. The zero-order chi connectivity index (χ0) is 20.9. The van der Waals surface area contributed by atoms with Gasteiger partial charge < -0.3 is 10.1 Å². The van der Waals surface area contributed by atoms with Gasteiger partial charge in [-0.3, -0.25) is 9.36 Å². The Morgan fingerprint density at radius 2 is 2.17 bits per heavy atom. The number of carbonyl (C=O) groups is 1. The van der Waals surface area contributed by atoms with E-state index in [4.69, 9.17) is 4.74 Å². The van der Waals surface area contributed by atoms with Crippen molar-refractivity contribution in [1.82, 2.24) is 14.9 Å². The molecular weight excluding hydrogens is 378 g/mol. The van der Waals surface area contributed by atoms with E-state index < -0.39 is 5.97 Å². The highest BCUT2D eigenvalue weighted by Gasteiger charge is 2.28. The van der Waals surface area contributed by atoms with Gasteiger partial charge in [0.1, 0.15) is 0 Å². The summed E-state index contributed by atoms with van der Waals surface area (Å²) in [5.41, 5.74) is 2.11. The summed E-state index contributed by atoms with van der Waals surface area (Å²) >= 11 is 0. The summed E-state index contributed by atoms with van der Waals surface area (Å²) in [5.74, 6) is -0.659. The third-order valence-electron chi connectivity index (χ3n) is 5.93. The summed E-state index contributed by atoms with van der Waals surface area (Å²) in [4.78, 5) is 29.8. The highest BCUT2D eigenvalue weighted by molar-refractivity contribution is 5.89. The number of carbonyl (C=O) groups excluding carboxylic acids is 1. The van der Waals surface area contributed by atoms with Crippen LogP contribution in [0, 0.1) is 0 Å². The van der Waals surface area contributed by atoms with E-state index in [1.165, 1.54) is 31.3 Å².